The molecule has 124 valence electrons. The Morgan fingerprint density at radius 2 is 1.92 bits per heavy atom. The Morgan fingerprint density at radius 3 is 2.72 bits per heavy atom. The van der Waals surface area contributed by atoms with Gasteiger partial charge in [0.2, 0.25) is 0 Å². The summed E-state index contributed by atoms with van der Waals surface area (Å²) in [6.45, 7) is 1.87. The van der Waals surface area contributed by atoms with Gasteiger partial charge in [-0.2, -0.15) is 0 Å². The number of hydrogen-bond donors (Lipinski definition) is 1. The first kappa shape index (κ1) is 15.9. The zero-order valence-corrected chi connectivity index (χ0v) is 14.8. The number of benzene rings is 2. The predicted octanol–water partition coefficient (Wildman–Crippen LogP) is 5.77. The van der Waals surface area contributed by atoms with Crippen LogP contribution in [0.4, 0.5) is 5.13 Å². The van der Waals surface area contributed by atoms with Crippen LogP contribution in [0.15, 0.2) is 58.3 Å². The molecule has 0 aliphatic heterocycles. The van der Waals surface area contributed by atoms with Crippen LogP contribution in [0.1, 0.15) is 16.1 Å². The number of anilines is 1. The maximum atomic E-state index is 12.6. The lowest BCUT2D eigenvalue weighted by molar-refractivity contribution is 0.0998. The minimum absolute atomic E-state index is 0.302. The molecule has 0 aliphatic rings. The summed E-state index contributed by atoms with van der Waals surface area (Å²) in [6, 6.07) is 15.1. The van der Waals surface area contributed by atoms with Gasteiger partial charge in [0.15, 0.2) is 10.9 Å². The zero-order chi connectivity index (χ0) is 17.4. The van der Waals surface area contributed by atoms with Crippen LogP contribution in [0.5, 0.6) is 0 Å². The fraction of sp³-hybridized carbons (Fsp3) is 0.0526. The highest BCUT2D eigenvalue weighted by Crippen LogP contribution is 2.31. The number of aromatic nitrogens is 1. The number of hydrogen-bond acceptors (Lipinski definition) is 4. The van der Waals surface area contributed by atoms with Crippen molar-refractivity contribution in [3.8, 4) is 11.3 Å². The zero-order valence-electron chi connectivity index (χ0n) is 13.2. The average molecular weight is 369 g/mol. The van der Waals surface area contributed by atoms with Crippen molar-refractivity contribution >= 4 is 44.9 Å². The molecule has 2 aromatic heterocycles. The van der Waals surface area contributed by atoms with E-state index in [1.54, 1.807) is 0 Å². The lowest BCUT2D eigenvalue weighted by atomic mass is 10.1. The molecule has 4 rings (SSSR count). The Morgan fingerprint density at radius 1 is 1.16 bits per heavy atom. The van der Waals surface area contributed by atoms with E-state index >= 15 is 0 Å². The van der Waals surface area contributed by atoms with Crippen LogP contribution in [0.2, 0.25) is 5.02 Å². The van der Waals surface area contributed by atoms with Crippen LogP contribution in [0.3, 0.4) is 0 Å². The van der Waals surface area contributed by atoms with Crippen LogP contribution >= 0.6 is 22.9 Å². The molecule has 0 fully saturated rings. The molecule has 0 bridgehead atoms. The van der Waals surface area contributed by atoms with Gasteiger partial charge in [0.25, 0.3) is 5.91 Å². The van der Waals surface area contributed by atoms with Crippen molar-refractivity contribution in [3.63, 3.8) is 0 Å². The number of halogens is 1. The van der Waals surface area contributed by atoms with E-state index in [2.05, 4.69) is 10.3 Å². The minimum Gasteiger partial charge on any atom is -0.451 e. The first-order valence-electron chi connectivity index (χ1n) is 7.63. The van der Waals surface area contributed by atoms with Gasteiger partial charge < -0.3 is 4.42 Å². The Bertz CT molecular complexity index is 1080. The number of nitrogens with zero attached hydrogens (tertiary/aromatic N) is 1. The van der Waals surface area contributed by atoms with E-state index in [0.29, 0.717) is 21.5 Å². The van der Waals surface area contributed by atoms with E-state index in [1.165, 1.54) is 11.3 Å². The lowest BCUT2D eigenvalue weighted by Gasteiger charge is -2.00. The van der Waals surface area contributed by atoms with Crippen LogP contribution in [-0.4, -0.2) is 10.9 Å². The summed E-state index contributed by atoms with van der Waals surface area (Å²) in [5.74, 6) is -0.00977. The number of furan rings is 1. The van der Waals surface area contributed by atoms with Gasteiger partial charge in [-0.3, -0.25) is 10.1 Å². The van der Waals surface area contributed by atoms with Crippen molar-refractivity contribution in [2.24, 2.45) is 0 Å². The highest BCUT2D eigenvalue weighted by Gasteiger charge is 2.19. The summed E-state index contributed by atoms with van der Waals surface area (Å²) >= 11 is 7.54. The van der Waals surface area contributed by atoms with Gasteiger partial charge in [-0.15, -0.1) is 11.3 Å². The summed E-state index contributed by atoms with van der Waals surface area (Å²) in [5.41, 5.74) is 3.07. The van der Waals surface area contributed by atoms with E-state index in [-0.39, 0.29) is 5.91 Å². The fourth-order valence-corrected chi connectivity index (χ4v) is 3.61. The lowest BCUT2D eigenvalue weighted by Crippen LogP contribution is -2.11. The van der Waals surface area contributed by atoms with E-state index in [1.807, 2.05) is 60.8 Å². The number of fused-ring (bicyclic) bond motifs is 1. The van der Waals surface area contributed by atoms with Gasteiger partial charge in [-0.25, -0.2) is 4.98 Å². The summed E-state index contributed by atoms with van der Waals surface area (Å²) in [7, 11) is 0. The van der Waals surface area contributed by atoms with E-state index in [4.69, 9.17) is 16.0 Å². The molecular formula is C19H13ClN2O2S. The van der Waals surface area contributed by atoms with E-state index in [0.717, 1.165) is 22.2 Å². The third kappa shape index (κ3) is 2.92. The highest BCUT2D eigenvalue weighted by atomic mass is 35.5. The van der Waals surface area contributed by atoms with Crippen molar-refractivity contribution in [2.45, 2.75) is 6.92 Å². The first-order valence-corrected chi connectivity index (χ1v) is 8.89. The molecular weight excluding hydrogens is 356 g/mol. The number of amides is 1. The topological polar surface area (TPSA) is 55.1 Å². The Balaban J connectivity index is 1.61. The van der Waals surface area contributed by atoms with Crippen LogP contribution in [0, 0.1) is 6.92 Å². The van der Waals surface area contributed by atoms with E-state index < -0.39 is 0 Å². The summed E-state index contributed by atoms with van der Waals surface area (Å²) in [5, 5.41) is 6.72. The fourth-order valence-electron chi connectivity index (χ4n) is 2.67. The molecule has 0 spiro atoms. The molecule has 0 aliphatic carbocycles. The maximum absolute atomic E-state index is 12.6. The number of thiazole rings is 1. The number of para-hydroxylation sites is 1. The second-order valence-corrected chi connectivity index (χ2v) is 6.79. The smallest absolute Gasteiger partial charge is 0.293 e. The van der Waals surface area contributed by atoms with Gasteiger partial charge in [-0.1, -0.05) is 48.0 Å². The molecule has 2 heterocycles. The largest absolute Gasteiger partial charge is 0.451 e. The van der Waals surface area contributed by atoms with Gasteiger partial charge in [0.1, 0.15) is 5.58 Å². The first-order chi connectivity index (χ1) is 12.1. The van der Waals surface area contributed by atoms with Gasteiger partial charge in [0.05, 0.1) is 5.69 Å². The molecule has 0 radical (unpaired) electrons. The standard InChI is InChI=1S/C19H13ClN2O2S/c1-11-12-6-3-5-9-16(12)24-17(11)18(23)22-19-21-15(10-25-19)13-7-2-4-8-14(13)20/h2-10H,1H3,(H,21,22,23). The van der Waals surface area contributed by atoms with Gasteiger partial charge in [0, 0.05) is 26.9 Å². The molecule has 25 heavy (non-hydrogen) atoms. The van der Waals surface area contributed by atoms with E-state index in [9.17, 15) is 4.79 Å². The number of nitrogens with one attached hydrogen (secondary N) is 1. The van der Waals surface area contributed by atoms with Crippen LogP contribution in [0.25, 0.3) is 22.2 Å². The second kappa shape index (κ2) is 6.35. The molecule has 0 saturated carbocycles. The average Bonchev–Trinajstić information content (AvgIpc) is 3.20. The maximum Gasteiger partial charge on any atom is 0.293 e. The number of rotatable bonds is 3. The molecule has 1 N–H and O–H groups in total. The van der Waals surface area contributed by atoms with Crippen molar-refractivity contribution in [1.29, 1.82) is 0 Å². The van der Waals surface area contributed by atoms with Crippen LogP contribution in [-0.2, 0) is 0 Å². The summed E-state index contributed by atoms with van der Waals surface area (Å²) in [6.07, 6.45) is 0. The number of aryl methyl sites for hydroxylation is 1. The molecule has 0 unspecified atom stereocenters. The Hall–Kier alpha value is -2.63. The molecule has 2 aromatic carbocycles. The van der Waals surface area contributed by atoms with Gasteiger partial charge >= 0.3 is 0 Å². The molecule has 6 heteroatoms. The van der Waals surface area contributed by atoms with Crippen LogP contribution < -0.4 is 5.32 Å². The Labute approximate surface area is 153 Å². The quantitative estimate of drug-likeness (QED) is 0.499. The normalized spacial score (nSPS) is 11.0. The van der Waals surface area contributed by atoms with Crippen molar-refractivity contribution < 1.29 is 9.21 Å². The third-order valence-corrected chi connectivity index (χ3v) is 5.01. The minimum atomic E-state index is -0.311. The predicted molar refractivity (Wildman–Crippen MR) is 101 cm³/mol. The van der Waals surface area contributed by atoms with Gasteiger partial charge in [-0.05, 0) is 19.1 Å². The van der Waals surface area contributed by atoms with Crippen molar-refractivity contribution in [3.05, 3.63) is 70.3 Å². The van der Waals surface area contributed by atoms with Crippen molar-refractivity contribution in [1.82, 2.24) is 4.98 Å². The summed E-state index contributed by atoms with van der Waals surface area (Å²) < 4.78 is 5.69. The molecule has 0 saturated heterocycles. The molecule has 4 nitrogen and oxygen atoms in total. The molecule has 4 aromatic rings. The van der Waals surface area contributed by atoms with Crippen molar-refractivity contribution in [2.75, 3.05) is 5.32 Å². The number of carbonyl (C=O) groups is 1. The molecule has 1 amide bonds. The SMILES string of the molecule is Cc1c(C(=O)Nc2nc(-c3ccccc3Cl)cs2)oc2ccccc12. The monoisotopic (exact) mass is 368 g/mol. The summed E-state index contributed by atoms with van der Waals surface area (Å²) in [4.78, 5) is 17.0. The highest BCUT2D eigenvalue weighted by molar-refractivity contribution is 7.14. The molecule has 0 atom stereocenters. The third-order valence-electron chi connectivity index (χ3n) is 3.92. The Kier molecular flexibility index (Phi) is 4.03. The second-order valence-electron chi connectivity index (χ2n) is 5.52. The number of carbonyl (C=O) groups excluding carboxylic acids is 1.